The van der Waals surface area contributed by atoms with Crippen LogP contribution in [0.3, 0.4) is 0 Å². The van der Waals surface area contributed by atoms with Crippen LogP contribution in [0, 0.1) is 84.2 Å². The van der Waals surface area contributed by atoms with Gasteiger partial charge in [0.2, 0.25) is 11.4 Å². The van der Waals surface area contributed by atoms with Crippen molar-refractivity contribution in [3.8, 4) is 56.3 Å². The fourth-order valence-corrected chi connectivity index (χ4v) is 9.24. The van der Waals surface area contributed by atoms with Gasteiger partial charge in [-0.1, -0.05) is 98.8 Å². The van der Waals surface area contributed by atoms with Crippen molar-refractivity contribution in [2.24, 2.45) is 11.8 Å². The van der Waals surface area contributed by atoms with Crippen molar-refractivity contribution in [2.75, 3.05) is 14.2 Å². The number of aliphatic hydroxyl groups excluding tert-OH is 2. The van der Waals surface area contributed by atoms with Gasteiger partial charge in [-0.15, -0.1) is 126 Å². The van der Waals surface area contributed by atoms with Gasteiger partial charge >= 0.3 is 15.6 Å². The molecule has 0 amide bonds. The minimum atomic E-state index is -5.84. The number of furan rings is 2. The van der Waals surface area contributed by atoms with E-state index in [2.05, 4.69) is 65.2 Å². The van der Waals surface area contributed by atoms with Gasteiger partial charge in [0.15, 0.2) is 0 Å². The van der Waals surface area contributed by atoms with Gasteiger partial charge in [-0.3, -0.25) is 9.54 Å². The van der Waals surface area contributed by atoms with Crippen LogP contribution < -0.4 is 0 Å². The first-order valence-electron chi connectivity index (χ1n) is 40.2. The van der Waals surface area contributed by atoms with E-state index in [9.17, 15) is 13.2 Å². The molecule has 0 bridgehead atoms. The molecular formula is C83H82F3Ir2N7O7S-4. The van der Waals surface area contributed by atoms with E-state index in [1.54, 1.807) is 86.8 Å². The number of pyridine rings is 7. The Morgan fingerprint density at radius 2 is 0.893 bits per heavy atom. The van der Waals surface area contributed by atoms with Crippen LogP contribution in [0.5, 0.6) is 0 Å². The molecular weight excluding hydrogens is 1680 g/mol. The summed E-state index contributed by atoms with van der Waals surface area (Å²) >= 11 is 0. The van der Waals surface area contributed by atoms with Gasteiger partial charge in [0.1, 0.15) is 5.58 Å². The molecule has 9 heterocycles. The summed E-state index contributed by atoms with van der Waals surface area (Å²) in [6.45, 7) is -0.446. The average Bonchev–Trinajstić information content (AvgIpc) is 1.42. The standard InChI is InChI=1S/C22H22N2O.C22H21N2O.3C12H10N.CHF3O3S.2CH4O.2Ir/c2*1-13(2)10-16-11-20(23-12-14(16)3)19-7-5-6-17-18-9-8-15(4)24-22(18)25-21(17)19;3*1-10-7-8-12(13-9-10)11-5-3-2-4-6-11;2-1(3,4)8(5,6)7;2*1-2;;/h5-9,11-13H,10H2,1-4H3;5-6,8-9,11-13H,10H2,1-4H3;3*2-5,7-9H,1H3;(H,5,6,7);2*2H,1H3;;/q;4*-1;;;;;/i4D3,10D2;3D3,4D3,10D2;2*1D3;;;;;;. The number of hydrogen-bond acceptors (Lipinski definition) is 13. The predicted octanol–water partition coefficient (Wildman–Crippen LogP) is 19.7. The second-order valence-electron chi connectivity index (χ2n) is 22.0. The molecule has 103 heavy (non-hydrogen) atoms. The summed E-state index contributed by atoms with van der Waals surface area (Å²) in [6.07, 6.45) is 4.09. The molecule has 14 rings (SSSR count). The Hall–Kier alpha value is -9.33. The number of fused-ring (bicyclic) bond motifs is 6. The van der Waals surface area contributed by atoms with Crippen LogP contribution in [0.15, 0.2) is 216 Å². The summed E-state index contributed by atoms with van der Waals surface area (Å²) in [5, 5.41) is 16.8. The van der Waals surface area contributed by atoms with Crippen LogP contribution in [0.4, 0.5) is 13.2 Å². The summed E-state index contributed by atoms with van der Waals surface area (Å²) in [5.41, 5.74) is 5.85. The van der Waals surface area contributed by atoms with Gasteiger partial charge in [-0.2, -0.15) is 21.6 Å². The average molecular weight is 1780 g/mol. The molecule has 14 aromatic rings. The van der Waals surface area contributed by atoms with E-state index >= 15 is 0 Å². The van der Waals surface area contributed by atoms with Crippen LogP contribution in [0.25, 0.3) is 100 Å². The number of halogens is 3. The predicted molar refractivity (Wildman–Crippen MR) is 398 cm³/mol. The summed E-state index contributed by atoms with van der Waals surface area (Å²) < 4.78 is 216. The number of aliphatic hydroxyl groups is 2. The Morgan fingerprint density at radius 1 is 0.466 bits per heavy atom. The van der Waals surface area contributed by atoms with Crippen molar-refractivity contribution < 1.29 is 111 Å². The molecule has 20 heteroatoms. The van der Waals surface area contributed by atoms with E-state index in [-0.39, 0.29) is 91.2 Å². The maximum Gasteiger partial charge on any atom is 0.522 e. The molecule has 0 aliphatic carbocycles. The van der Waals surface area contributed by atoms with Crippen molar-refractivity contribution in [3.05, 3.63) is 282 Å². The smallest absolute Gasteiger partial charge is 0.486 e. The molecule has 0 aliphatic heterocycles. The molecule has 0 spiro atoms. The van der Waals surface area contributed by atoms with Crippen molar-refractivity contribution in [1.29, 1.82) is 0 Å². The Morgan fingerprint density at radius 3 is 1.31 bits per heavy atom. The Balaban J connectivity index is 0.000000271. The molecule has 0 atom stereocenters. The topological polar surface area (TPSA) is 211 Å². The zero-order valence-electron chi connectivity index (χ0n) is 75.6. The monoisotopic (exact) mass is 1780 g/mol. The van der Waals surface area contributed by atoms with Gasteiger partial charge in [0.25, 0.3) is 0 Å². The Kier molecular flexibility index (Phi) is 23.2. The Labute approximate surface area is 655 Å². The number of hydrogen-bond donors (Lipinski definition) is 3. The summed E-state index contributed by atoms with van der Waals surface area (Å²) in [5.74, 6) is -0.682. The fraction of sp³-hybridized carbons (Fsp3) is 0.217. The molecule has 0 unspecified atom stereocenters. The second kappa shape index (κ2) is 40.5. The number of aromatic nitrogens is 7. The summed E-state index contributed by atoms with van der Waals surface area (Å²) in [6, 6.07) is 64.2. The van der Waals surface area contributed by atoms with Crippen molar-refractivity contribution in [1.82, 2.24) is 34.9 Å². The minimum absolute atomic E-state index is 0. The van der Waals surface area contributed by atoms with Gasteiger partial charge in [-0.05, 0) is 165 Å². The molecule has 5 aromatic carbocycles. The molecule has 2 radical (unpaired) electrons. The molecule has 0 aliphatic rings. The van der Waals surface area contributed by atoms with E-state index in [1.807, 2.05) is 119 Å². The van der Waals surface area contributed by atoms with Crippen LogP contribution in [0.2, 0.25) is 0 Å². The molecule has 0 fully saturated rings. The maximum atomic E-state index is 10.7. The van der Waals surface area contributed by atoms with Crippen molar-refractivity contribution in [2.45, 2.75) is 94.1 Å². The quantitative estimate of drug-likeness (QED) is 0.0697. The van der Waals surface area contributed by atoms with E-state index < -0.39 is 68.5 Å². The first kappa shape index (κ1) is 59.1. The molecule has 3 N–H and O–H groups in total. The number of para-hydroxylation sites is 1. The number of aryl methyl sites for hydroxylation is 7. The Bertz CT molecular complexity index is 5750. The van der Waals surface area contributed by atoms with Gasteiger partial charge < -0.3 is 39.0 Å². The number of alkyl halides is 3. The zero-order chi connectivity index (χ0) is 89.5. The minimum Gasteiger partial charge on any atom is -0.486 e. The summed E-state index contributed by atoms with van der Waals surface area (Å²) in [7, 11) is -3.84. The second-order valence-corrected chi connectivity index (χ2v) is 23.4. The first-order chi connectivity index (χ1) is 56.0. The fourth-order valence-electron chi connectivity index (χ4n) is 9.24. The van der Waals surface area contributed by atoms with E-state index in [0.29, 0.717) is 50.0 Å². The zero-order valence-corrected chi connectivity index (χ0v) is 62.2. The number of nitrogens with zero attached hydrogens (tertiary/aromatic N) is 7. The number of rotatable bonds is 9. The van der Waals surface area contributed by atoms with Crippen LogP contribution >= 0.6 is 0 Å². The molecule has 540 valence electrons. The first-order valence-corrected chi connectivity index (χ1v) is 32.2. The largest absolute Gasteiger partial charge is 0.522 e. The SMILES string of the molecule is CO.CO.Cc1ccc(-c2[c-]cccc2)nc1.O=S(=O)(O)C(F)(F)F.[2H]C([2H])([2H])c1ccc(-c2[c-]cccc2)nc1.[2H]C([2H])([2H])c1ccc(-c2[c-]cccc2)nc1.[2H]C([2H])([2H])c1ccc2c(n1)oc1c(-c3cc(C([2H])([2H])C(C)C)c(C([2H])([2H])[2H])cn3)[c-]ccc12.[2H]C([2H])([2H])c1ccc2c(n1)oc1c(-c3cc(C([2H])([2H])C(C)C)c(C)cn3)cccc12.[Ir].[Ir]. The van der Waals surface area contributed by atoms with E-state index in [4.69, 9.17) is 58.1 Å². The molecule has 9 aromatic heterocycles. The normalized spacial score (nSPS) is 14.3. The van der Waals surface area contributed by atoms with Crippen molar-refractivity contribution in [3.63, 3.8) is 0 Å². The third-order valence-electron chi connectivity index (χ3n) is 13.8. The maximum absolute atomic E-state index is 10.7. The van der Waals surface area contributed by atoms with Crippen LogP contribution in [-0.4, -0.2) is 77.8 Å². The molecule has 0 saturated carbocycles. The van der Waals surface area contributed by atoms with Gasteiger partial charge in [0, 0.05) is 145 Å². The summed E-state index contributed by atoms with van der Waals surface area (Å²) in [4.78, 5) is 29.7. The molecule has 0 saturated heterocycles. The number of benzene rings is 5. The van der Waals surface area contributed by atoms with Crippen LogP contribution in [-0.2, 0) is 63.1 Å². The van der Waals surface area contributed by atoms with Crippen LogP contribution in [0.1, 0.15) is 104 Å². The third kappa shape index (κ3) is 24.1. The van der Waals surface area contributed by atoms with E-state index in [1.165, 1.54) is 42.4 Å². The molecule has 14 nitrogen and oxygen atoms in total. The van der Waals surface area contributed by atoms with Gasteiger partial charge in [0.05, 0.1) is 11.3 Å². The van der Waals surface area contributed by atoms with E-state index in [0.717, 1.165) is 64.3 Å². The van der Waals surface area contributed by atoms with Gasteiger partial charge in [-0.25, -0.2) is 9.97 Å². The third-order valence-corrected chi connectivity index (χ3v) is 14.4. The van der Waals surface area contributed by atoms with Crippen molar-refractivity contribution >= 4 is 54.3 Å².